The van der Waals surface area contributed by atoms with Crippen LogP contribution in [0.3, 0.4) is 0 Å². The van der Waals surface area contributed by atoms with Crippen molar-refractivity contribution in [3.05, 3.63) is 71.3 Å². The topological polar surface area (TPSA) is 172 Å². The molecule has 2 aromatic carbocycles. The predicted octanol–water partition coefficient (Wildman–Crippen LogP) is 0.740. The molecule has 11 heteroatoms. The summed E-state index contributed by atoms with van der Waals surface area (Å²) >= 11 is 0. The number of phenolic OH excluding ortho intramolecular Hbond substituents is 2. The average Bonchev–Trinajstić information content (AvgIpc) is 2.88. The number of carbonyl (C=O) groups excluding carboxylic acids is 2. The molecule has 1 aliphatic heterocycles. The third kappa shape index (κ3) is 8.01. The predicted molar refractivity (Wildman–Crippen MR) is 132 cm³/mol. The lowest BCUT2D eigenvalue weighted by Gasteiger charge is -2.42. The highest BCUT2D eigenvalue weighted by Gasteiger charge is 2.50. The van der Waals surface area contributed by atoms with E-state index in [0.717, 1.165) is 0 Å². The first-order valence-corrected chi connectivity index (χ1v) is 12.0. The summed E-state index contributed by atoms with van der Waals surface area (Å²) in [5.41, 5.74) is 1.62. The van der Waals surface area contributed by atoms with Crippen molar-refractivity contribution in [1.82, 2.24) is 0 Å². The van der Waals surface area contributed by atoms with Crippen LogP contribution in [0.15, 0.2) is 60.2 Å². The second-order valence-corrected chi connectivity index (χ2v) is 8.83. The Morgan fingerprint density at radius 3 is 2.21 bits per heavy atom. The van der Waals surface area contributed by atoms with Gasteiger partial charge in [-0.3, -0.25) is 9.59 Å². The van der Waals surface area contributed by atoms with Gasteiger partial charge >= 0.3 is 11.9 Å². The molecule has 0 spiro atoms. The number of esters is 2. The smallest absolute Gasteiger partial charge is 0.310 e. The molecule has 0 bridgehead atoms. The average molecular weight is 533 g/mol. The van der Waals surface area contributed by atoms with E-state index in [4.69, 9.17) is 24.1 Å². The van der Waals surface area contributed by atoms with Crippen molar-refractivity contribution in [3.8, 4) is 11.5 Å². The Bertz CT molecular complexity index is 1100. The molecule has 1 heterocycles. The summed E-state index contributed by atoms with van der Waals surface area (Å²) in [5.74, 6) is -2.30. The number of aromatic hydroxyl groups is 2. The zero-order valence-corrected chi connectivity index (χ0v) is 20.8. The number of phenols is 2. The molecular formula is C27H32O11. The molecule has 2 aromatic rings. The standard InChI is InChI=1S/C27H32O11/c1-16(9-10-28)15-35-27-26(38-23(33)13-18-7-8-19(30)20(31)11-18)25(24(34)21(14-29)36-27)37-22(32)12-17-5-3-2-4-6-17/h2-9,11,21,24-31,34H,10,12-15H2,1H3/t21-,24-,25+,26-,27-/m1/s1. The third-order valence-electron chi connectivity index (χ3n) is 5.83. The van der Waals surface area contributed by atoms with Crippen LogP contribution < -0.4 is 0 Å². The number of ether oxygens (including phenoxy) is 4. The highest BCUT2D eigenvalue weighted by Crippen LogP contribution is 2.29. The zero-order valence-electron chi connectivity index (χ0n) is 20.8. The van der Waals surface area contributed by atoms with Crippen LogP contribution in [0.5, 0.6) is 11.5 Å². The minimum Gasteiger partial charge on any atom is -0.504 e. The fourth-order valence-electron chi connectivity index (χ4n) is 3.86. The summed E-state index contributed by atoms with van der Waals surface area (Å²) in [4.78, 5) is 25.6. The Balaban J connectivity index is 1.83. The molecule has 206 valence electrons. The van der Waals surface area contributed by atoms with E-state index in [0.29, 0.717) is 16.7 Å². The van der Waals surface area contributed by atoms with Gasteiger partial charge in [0.2, 0.25) is 0 Å². The summed E-state index contributed by atoms with van der Waals surface area (Å²) in [5, 5.41) is 48.9. The van der Waals surface area contributed by atoms with Crippen LogP contribution in [0, 0.1) is 0 Å². The van der Waals surface area contributed by atoms with Gasteiger partial charge in [0.1, 0.15) is 12.2 Å². The van der Waals surface area contributed by atoms with E-state index >= 15 is 0 Å². The van der Waals surface area contributed by atoms with Gasteiger partial charge < -0.3 is 44.5 Å². The molecule has 11 nitrogen and oxygen atoms in total. The molecule has 1 aliphatic rings. The van der Waals surface area contributed by atoms with Gasteiger partial charge in [-0.15, -0.1) is 0 Å². The molecule has 3 rings (SSSR count). The van der Waals surface area contributed by atoms with Gasteiger partial charge in [-0.25, -0.2) is 0 Å². The maximum atomic E-state index is 12.8. The molecule has 5 N–H and O–H groups in total. The Morgan fingerprint density at radius 1 is 0.921 bits per heavy atom. The Morgan fingerprint density at radius 2 is 1.58 bits per heavy atom. The Kier molecular flexibility index (Phi) is 10.6. The fourth-order valence-corrected chi connectivity index (χ4v) is 3.86. The monoisotopic (exact) mass is 532 g/mol. The van der Waals surface area contributed by atoms with E-state index in [2.05, 4.69) is 0 Å². The molecule has 0 radical (unpaired) electrons. The van der Waals surface area contributed by atoms with E-state index in [1.807, 2.05) is 0 Å². The number of aliphatic hydroxyl groups is 3. The van der Waals surface area contributed by atoms with Crippen LogP contribution in [-0.4, -0.2) is 88.0 Å². The Hall–Kier alpha value is -3.48. The molecular weight excluding hydrogens is 500 g/mol. The van der Waals surface area contributed by atoms with Crippen LogP contribution >= 0.6 is 0 Å². The van der Waals surface area contributed by atoms with Crippen molar-refractivity contribution in [2.24, 2.45) is 0 Å². The maximum Gasteiger partial charge on any atom is 0.310 e. The lowest BCUT2D eigenvalue weighted by Crippen LogP contribution is -2.62. The van der Waals surface area contributed by atoms with Crippen molar-refractivity contribution in [2.45, 2.75) is 50.5 Å². The summed E-state index contributed by atoms with van der Waals surface area (Å²) in [6.45, 7) is 0.778. The molecule has 0 saturated carbocycles. The summed E-state index contributed by atoms with van der Waals surface area (Å²) < 4.78 is 22.5. The summed E-state index contributed by atoms with van der Waals surface area (Å²) in [6, 6.07) is 12.6. The number of rotatable bonds is 11. The first kappa shape index (κ1) is 29.1. The first-order valence-electron chi connectivity index (χ1n) is 12.0. The van der Waals surface area contributed by atoms with E-state index in [1.165, 1.54) is 24.3 Å². The summed E-state index contributed by atoms with van der Waals surface area (Å²) in [7, 11) is 0. The van der Waals surface area contributed by atoms with Gasteiger partial charge in [-0.05, 0) is 35.8 Å². The minimum atomic E-state index is -1.55. The van der Waals surface area contributed by atoms with Gasteiger partial charge in [0.05, 0.1) is 32.7 Å². The zero-order chi connectivity index (χ0) is 27.7. The maximum absolute atomic E-state index is 12.8. The van der Waals surface area contributed by atoms with Gasteiger partial charge in [0, 0.05) is 0 Å². The highest BCUT2D eigenvalue weighted by molar-refractivity contribution is 5.74. The fraction of sp³-hybridized carbons (Fsp3) is 0.407. The van der Waals surface area contributed by atoms with Crippen molar-refractivity contribution in [3.63, 3.8) is 0 Å². The molecule has 0 unspecified atom stereocenters. The molecule has 0 aromatic heterocycles. The van der Waals surface area contributed by atoms with Gasteiger partial charge in [-0.1, -0.05) is 42.5 Å². The van der Waals surface area contributed by atoms with Crippen molar-refractivity contribution >= 4 is 11.9 Å². The minimum absolute atomic E-state index is 0.0516. The number of aliphatic hydroxyl groups excluding tert-OH is 3. The second-order valence-electron chi connectivity index (χ2n) is 8.83. The second kappa shape index (κ2) is 13.9. The van der Waals surface area contributed by atoms with Crippen LogP contribution in [0.1, 0.15) is 18.1 Å². The quantitative estimate of drug-likeness (QED) is 0.157. The third-order valence-corrected chi connectivity index (χ3v) is 5.83. The largest absolute Gasteiger partial charge is 0.504 e. The lowest BCUT2D eigenvalue weighted by molar-refractivity contribution is -0.304. The van der Waals surface area contributed by atoms with E-state index in [-0.39, 0.29) is 31.8 Å². The lowest BCUT2D eigenvalue weighted by atomic mass is 9.98. The number of benzene rings is 2. The SMILES string of the molecule is CC(=CCO)CO[C@@H]1O[C@H](CO)[C@@H](O)[C@H](OC(=O)Cc2ccccc2)[C@H]1OC(=O)Cc1ccc(O)c(O)c1. The molecule has 38 heavy (non-hydrogen) atoms. The van der Waals surface area contributed by atoms with Gasteiger partial charge in [0.15, 0.2) is 30.0 Å². The van der Waals surface area contributed by atoms with Crippen molar-refractivity contribution in [2.75, 3.05) is 19.8 Å². The highest BCUT2D eigenvalue weighted by atomic mass is 16.7. The number of carbonyl (C=O) groups is 2. The number of hydrogen-bond donors (Lipinski definition) is 5. The van der Waals surface area contributed by atoms with E-state index in [9.17, 15) is 30.0 Å². The number of hydrogen-bond acceptors (Lipinski definition) is 11. The van der Waals surface area contributed by atoms with Crippen molar-refractivity contribution < 1.29 is 54.1 Å². The summed E-state index contributed by atoms with van der Waals surface area (Å²) in [6.07, 6.45) is -5.92. The Labute approximate surface area is 219 Å². The van der Waals surface area contributed by atoms with Gasteiger partial charge in [0.25, 0.3) is 0 Å². The van der Waals surface area contributed by atoms with Crippen LogP contribution in [-0.2, 0) is 41.4 Å². The molecule has 0 aliphatic carbocycles. The molecule has 5 atom stereocenters. The first-order chi connectivity index (χ1) is 18.2. The van der Waals surface area contributed by atoms with Crippen LogP contribution in [0.4, 0.5) is 0 Å². The molecule has 1 fully saturated rings. The van der Waals surface area contributed by atoms with E-state index in [1.54, 1.807) is 37.3 Å². The molecule has 0 amide bonds. The normalized spacial score (nSPS) is 23.6. The van der Waals surface area contributed by atoms with Crippen LogP contribution in [0.25, 0.3) is 0 Å². The van der Waals surface area contributed by atoms with Crippen molar-refractivity contribution in [1.29, 1.82) is 0 Å². The van der Waals surface area contributed by atoms with Gasteiger partial charge in [-0.2, -0.15) is 0 Å². The van der Waals surface area contributed by atoms with Crippen LogP contribution in [0.2, 0.25) is 0 Å². The molecule has 1 saturated heterocycles. The van der Waals surface area contributed by atoms with E-state index < -0.39 is 55.0 Å².